The van der Waals surface area contributed by atoms with Crippen molar-refractivity contribution in [3.63, 3.8) is 0 Å². The smallest absolute Gasteiger partial charge is 2.00 e. The van der Waals surface area contributed by atoms with E-state index in [2.05, 4.69) is 0 Å². The van der Waals surface area contributed by atoms with Crippen molar-refractivity contribution in [3.8, 4) is 0 Å². The second-order valence-corrected chi connectivity index (χ2v) is 0. The molecule has 0 saturated carbocycles. The minimum absolute atomic E-state index is 0. The molecular formula is O2UW+6. The Morgan fingerprint density at radius 1 is 0.750 bits per heavy atom. The van der Waals surface area contributed by atoms with Crippen molar-refractivity contribution < 1.29 is 63.1 Å². The summed E-state index contributed by atoms with van der Waals surface area (Å²) >= 11 is 0. The van der Waals surface area contributed by atoms with Crippen LogP contribution >= 0.6 is 0 Å². The molecule has 0 aliphatic carbocycles. The molecule has 0 radical (unpaired) electrons. The second-order valence-electron chi connectivity index (χ2n) is 0. The number of hydrogen-bond acceptors (Lipinski definition) is 0. The van der Waals surface area contributed by atoms with Gasteiger partial charge in [-0.15, -0.1) is 0 Å². The molecule has 0 N–H and O–H groups in total. The van der Waals surface area contributed by atoms with Gasteiger partial charge in [-0.05, 0) is 0 Å². The summed E-state index contributed by atoms with van der Waals surface area (Å²) < 4.78 is 0. The predicted molar refractivity (Wildman–Crippen MR) is 1.37 cm³/mol. The third-order valence-corrected chi connectivity index (χ3v) is 0. The third-order valence-electron chi connectivity index (χ3n) is 0. The molecule has 0 aliphatic rings. The molecule has 0 amide bonds. The van der Waals surface area contributed by atoms with E-state index in [1.54, 1.807) is 0 Å². The first-order chi connectivity index (χ1) is 0. The summed E-state index contributed by atoms with van der Waals surface area (Å²) in [6.45, 7) is 0. The molecule has 0 aromatic carbocycles. The van der Waals surface area contributed by atoms with Crippen LogP contribution in [0, 0.1) is 31.1 Å². The Hall–Kier alpha value is 1.66. The van der Waals surface area contributed by atoms with E-state index in [1.165, 1.54) is 0 Å². The van der Waals surface area contributed by atoms with Crippen molar-refractivity contribution in [2.75, 3.05) is 0 Å². The summed E-state index contributed by atoms with van der Waals surface area (Å²) in [6.07, 6.45) is 0. The zero-order chi connectivity index (χ0) is 0. The van der Waals surface area contributed by atoms with E-state index in [4.69, 9.17) is 0 Å². The Balaban J connectivity index is 0. The van der Waals surface area contributed by atoms with Crippen LogP contribution in [0.1, 0.15) is 0 Å². The molecule has 4 heavy (non-hydrogen) atoms. The summed E-state index contributed by atoms with van der Waals surface area (Å²) in [5.41, 5.74) is 0. The largest absolute Gasteiger partial charge is 6.00 e. The minimum Gasteiger partial charge on any atom is -2.00 e. The molecule has 2 nitrogen and oxygen atoms in total. The normalized spacial score (nSPS) is 0. The Morgan fingerprint density at radius 2 is 0.750 bits per heavy atom. The van der Waals surface area contributed by atoms with E-state index in [1.807, 2.05) is 0 Å². The van der Waals surface area contributed by atoms with E-state index in [0.29, 0.717) is 0 Å². The fourth-order valence-electron chi connectivity index (χ4n) is 0. The fraction of sp³-hybridized carbons (Fsp3) is 0. The standard InChI is InChI=1S/2O.U.W/q2*-2;+6;+4. The van der Waals surface area contributed by atoms with Crippen molar-refractivity contribution >= 4 is 0 Å². The summed E-state index contributed by atoms with van der Waals surface area (Å²) in [7, 11) is 0. The van der Waals surface area contributed by atoms with Gasteiger partial charge in [0.25, 0.3) is 0 Å². The predicted octanol–water partition coefficient (Wildman–Crippen LogP) is -0.240. The van der Waals surface area contributed by atoms with Crippen LogP contribution in [-0.4, -0.2) is 0 Å². The number of rotatable bonds is 0. The van der Waals surface area contributed by atoms with Gasteiger partial charge in [0, 0.05) is 0 Å². The molecule has 0 unspecified atom stereocenters. The number of hydrogen-bond donors (Lipinski definition) is 0. The molecular weight excluding hydrogens is 454 g/mol. The Bertz CT molecular complexity index is 6.00. The maximum Gasteiger partial charge on any atom is 6.00 e. The quantitative estimate of drug-likeness (QED) is 0.486. The third kappa shape index (κ3) is 9.40. The van der Waals surface area contributed by atoms with Gasteiger partial charge in [0.15, 0.2) is 0 Å². The summed E-state index contributed by atoms with van der Waals surface area (Å²) in [6, 6.07) is 0. The van der Waals surface area contributed by atoms with E-state index in [9.17, 15) is 0 Å². The fourth-order valence-corrected chi connectivity index (χ4v) is 0. The van der Waals surface area contributed by atoms with Gasteiger partial charge in [0.2, 0.25) is 0 Å². The van der Waals surface area contributed by atoms with Gasteiger partial charge in [-0.2, -0.15) is 0 Å². The zero-order valence-corrected chi connectivity index (χ0v) is 8.82. The van der Waals surface area contributed by atoms with Crippen molar-refractivity contribution in [1.82, 2.24) is 0 Å². The molecule has 16 valence electrons. The van der Waals surface area contributed by atoms with Crippen LogP contribution in [0.4, 0.5) is 0 Å². The SMILES string of the molecule is [O-2].[O-2].[U+6].[W+4]. The molecule has 0 aromatic heterocycles. The van der Waals surface area contributed by atoms with Gasteiger partial charge in [-0.3, -0.25) is 0 Å². The molecule has 0 fully saturated rings. The van der Waals surface area contributed by atoms with Gasteiger partial charge in [0.05, 0.1) is 0 Å². The summed E-state index contributed by atoms with van der Waals surface area (Å²) in [5.74, 6) is 0. The maximum absolute atomic E-state index is 0. The van der Waals surface area contributed by atoms with Crippen molar-refractivity contribution in [3.05, 3.63) is 0 Å². The summed E-state index contributed by atoms with van der Waals surface area (Å²) in [5, 5.41) is 0. The molecule has 0 rings (SSSR count). The van der Waals surface area contributed by atoms with Crippen LogP contribution in [0.5, 0.6) is 0 Å². The molecule has 0 aliphatic heterocycles. The van der Waals surface area contributed by atoms with Crippen LogP contribution < -0.4 is 0 Å². The van der Waals surface area contributed by atoms with Crippen molar-refractivity contribution in [1.29, 1.82) is 0 Å². The monoisotopic (exact) mass is 454 g/mol. The first-order valence-electron chi connectivity index (χ1n) is 0. The molecule has 0 aromatic rings. The van der Waals surface area contributed by atoms with Crippen LogP contribution in [0.3, 0.4) is 0 Å². The molecule has 0 spiro atoms. The van der Waals surface area contributed by atoms with Crippen LogP contribution in [0.25, 0.3) is 0 Å². The van der Waals surface area contributed by atoms with Gasteiger partial charge in [-0.1, -0.05) is 0 Å². The van der Waals surface area contributed by atoms with Crippen LogP contribution in [0.15, 0.2) is 0 Å². The van der Waals surface area contributed by atoms with E-state index >= 15 is 0 Å². The zero-order valence-electron chi connectivity index (χ0n) is 1.72. The van der Waals surface area contributed by atoms with E-state index in [-0.39, 0.29) is 63.1 Å². The Kier molecular flexibility index (Phi) is 253. The molecule has 4 heteroatoms. The van der Waals surface area contributed by atoms with Crippen LogP contribution in [0.2, 0.25) is 0 Å². The van der Waals surface area contributed by atoms with Crippen molar-refractivity contribution in [2.24, 2.45) is 0 Å². The minimum atomic E-state index is 0. The average molecular weight is 454 g/mol. The maximum atomic E-state index is 0. The average Bonchev–Trinajstić information content (AvgIpc) is 0. The van der Waals surface area contributed by atoms with Gasteiger partial charge < -0.3 is 11.0 Å². The Morgan fingerprint density at radius 3 is 0.750 bits per heavy atom. The first kappa shape index (κ1) is 44.6. The molecule has 0 heterocycles. The van der Waals surface area contributed by atoms with Gasteiger partial charge in [-0.25, -0.2) is 0 Å². The second kappa shape index (κ2) is 22.7. The van der Waals surface area contributed by atoms with Gasteiger partial charge in [0.1, 0.15) is 0 Å². The molecule has 0 bridgehead atoms. The van der Waals surface area contributed by atoms with E-state index in [0.717, 1.165) is 0 Å². The van der Waals surface area contributed by atoms with Crippen molar-refractivity contribution in [2.45, 2.75) is 0 Å². The van der Waals surface area contributed by atoms with E-state index < -0.39 is 0 Å². The molecule has 0 atom stereocenters. The first-order valence-corrected chi connectivity index (χ1v) is 0. The molecule has 0 saturated heterocycles. The Labute approximate surface area is 62.6 Å². The van der Waals surface area contributed by atoms with Crippen LogP contribution in [-0.2, 0) is 32.0 Å². The topological polar surface area (TPSA) is 57.0 Å². The summed E-state index contributed by atoms with van der Waals surface area (Å²) in [4.78, 5) is 0. The van der Waals surface area contributed by atoms with Gasteiger partial charge >= 0.3 is 52.2 Å².